The van der Waals surface area contributed by atoms with Crippen LogP contribution >= 0.6 is 0 Å². The molecule has 0 spiro atoms. The maximum Gasteiger partial charge on any atom is 0.0255 e. The maximum absolute atomic E-state index is 2.60. The second kappa shape index (κ2) is 12.9. The lowest BCUT2D eigenvalue weighted by Gasteiger charge is -2.32. The van der Waals surface area contributed by atoms with Gasteiger partial charge in [-0.25, -0.2) is 0 Å². The molecule has 0 aliphatic rings. The molecule has 0 N–H and O–H groups in total. The molecule has 0 aromatic carbocycles. The van der Waals surface area contributed by atoms with Gasteiger partial charge in [-0.15, -0.1) is 0 Å². The third kappa shape index (κ3) is 9.68. The highest BCUT2D eigenvalue weighted by atomic mass is 15.2. The van der Waals surface area contributed by atoms with Gasteiger partial charge in [0.15, 0.2) is 0 Å². The molecular formula is C20H37N. The van der Waals surface area contributed by atoms with Crippen LogP contribution in [0.4, 0.5) is 0 Å². The monoisotopic (exact) mass is 291 g/mol. The lowest BCUT2D eigenvalue weighted by molar-refractivity contribution is 0.182. The smallest absolute Gasteiger partial charge is 0.0255 e. The zero-order valence-corrected chi connectivity index (χ0v) is 15.2. The molecule has 0 saturated heterocycles. The molecule has 1 heteroatoms. The van der Waals surface area contributed by atoms with Gasteiger partial charge in [-0.2, -0.15) is 0 Å². The lowest BCUT2D eigenvalue weighted by Crippen LogP contribution is -2.39. The van der Waals surface area contributed by atoms with Crippen LogP contribution in [-0.2, 0) is 0 Å². The first kappa shape index (κ1) is 20.2. The van der Waals surface area contributed by atoms with E-state index in [1.807, 2.05) is 0 Å². The summed E-state index contributed by atoms with van der Waals surface area (Å²) in [5.74, 6) is 0. The Morgan fingerprint density at radius 2 is 1.62 bits per heavy atom. The van der Waals surface area contributed by atoms with Crippen LogP contribution in [0.2, 0.25) is 0 Å². The van der Waals surface area contributed by atoms with Crippen LogP contribution in [0.1, 0.15) is 73.6 Å². The van der Waals surface area contributed by atoms with E-state index in [0.717, 1.165) is 13.0 Å². The molecule has 0 rings (SSSR count). The zero-order valence-electron chi connectivity index (χ0n) is 15.2. The van der Waals surface area contributed by atoms with E-state index >= 15 is 0 Å². The van der Waals surface area contributed by atoms with E-state index in [-0.39, 0.29) is 0 Å². The Labute approximate surface area is 133 Å². The first-order valence-corrected chi connectivity index (χ1v) is 8.75. The van der Waals surface area contributed by atoms with E-state index in [1.54, 1.807) is 0 Å². The summed E-state index contributed by atoms with van der Waals surface area (Å²) in [6.45, 7) is 14.6. The molecule has 0 aliphatic heterocycles. The summed E-state index contributed by atoms with van der Waals surface area (Å²) in [6, 6.07) is 1.19. The third-order valence-corrected chi connectivity index (χ3v) is 4.19. The van der Waals surface area contributed by atoms with Gasteiger partial charge in [0.1, 0.15) is 0 Å². The fourth-order valence-electron chi connectivity index (χ4n) is 2.72. The molecule has 0 aromatic heterocycles. The highest BCUT2D eigenvalue weighted by Crippen LogP contribution is 2.14. The van der Waals surface area contributed by atoms with Crippen LogP contribution in [0.15, 0.2) is 36.0 Å². The molecule has 0 aliphatic carbocycles. The van der Waals surface area contributed by atoms with E-state index in [0.29, 0.717) is 12.1 Å². The summed E-state index contributed by atoms with van der Waals surface area (Å²) in [6.07, 6.45) is 17.4. The summed E-state index contributed by atoms with van der Waals surface area (Å²) in [4.78, 5) is 2.60. The van der Waals surface area contributed by atoms with Gasteiger partial charge in [-0.1, -0.05) is 49.8 Å². The Morgan fingerprint density at radius 3 is 2.19 bits per heavy atom. The molecule has 21 heavy (non-hydrogen) atoms. The minimum atomic E-state index is 0.545. The van der Waals surface area contributed by atoms with Crippen molar-refractivity contribution in [1.82, 2.24) is 4.90 Å². The highest BCUT2D eigenvalue weighted by Gasteiger charge is 2.16. The van der Waals surface area contributed by atoms with Crippen molar-refractivity contribution in [1.29, 1.82) is 0 Å². The Kier molecular flexibility index (Phi) is 12.4. The summed E-state index contributed by atoms with van der Waals surface area (Å²) < 4.78 is 0. The average Bonchev–Trinajstić information content (AvgIpc) is 2.46. The quantitative estimate of drug-likeness (QED) is 0.327. The standard InChI is InChI=1S/C20H37N/c1-7-10-11-12-13-14-15-16-19(5)21(9-3)20(6)17-18(4)8-2/h7,10,13-14,17,19-20H,8-9,11-12,15-16H2,1-6H3/b10-7-,14-13-,18-17-. The second-order valence-electron chi connectivity index (χ2n) is 5.98. The van der Waals surface area contributed by atoms with E-state index in [9.17, 15) is 0 Å². The molecule has 2 unspecified atom stereocenters. The molecule has 0 amide bonds. The minimum absolute atomic E-state index is 0.545. The number of likely N-dealkylation sites (N-methyl/N-ethyl adjacent to an activating group) is 1. The maximum atomic E-state index is 2.60. The summed E-state index contributed by atoms with van der Waals surface area (Å²) in [5, 5.41) is 0. The predicted octanol–water partition coefficient (Wildman–Crippen LogP) is 6.13. The SMILES string of the molecule is C/C=C\CC/C=C\CCC(C)N(CC)C(C)/C=C(/C)CC. The van der Waals surface area contributed by atoms with E-state index in [2.05, 4.69) is 76.8 Å². The van der Waals surface area contributed by atoms with Gasteiger partial charge in [-0.05, 0) is 66.3 Å². The van der Waals surface area contributed by atoms with Crippen LogP contribution < -0.4 is 0 Å². The Hall–Kier alpha value is -0.820. The van der Waals surface area contributed by atoms with Gasteiger partial charge in [0, 0.05) is 12.1 Å². The fraction of sp³-hybridized carbons (Fsp3) is 0.700. The first-order chi connectivity index (χ1) is 10.1. The summed E-state index contributed by atoms with van der Waals surface area (Å²) in [5.41, 5.74) is 1.50. The van der Waals surface area contributed by atoms with Crippen LogP contribution in [0.5, 0.6) is 0 Å². The van der Waals surface area contributed by atoms with E-state index in [1.165, 1.54) is 31.3 Å². The minimum Gasteiger partial charge on any atom is -0.295 e. The fourth-order valence-corrected chi connectivity index (χ4v) is 2.72. The molecule has 122 valence electrons. The van der Waals surface area contributed by atoms with Crippen LogP contribution in [-0.4, -0.2) is 23.5 Å². The van der Waals surface area contributed by atoms with Crippen molar-refractivity contribution < 1.29 is 0 Å². The molecule has 0 bridgehead atoms. The van der Waals surface area contributed by atoms with Gasteiger partial charge >= 0.3 is 0 Å². The van der Waals surface area contributed by atoms with Crippen molar-refractivity contribution in [3.8, 4) is 0 Å². The predicted molar refractivity (Wildman–Crippen MR) is 97.8 cm³/mol. The van der Waals surface area contributed by atoms with Crippen molar-refractivity contribution >= 4 is 0 Å². The number of unbranched alkanes of at least 4 members (excludes halogenated alkanes) is 1. The number of hydrogen-bond acceptors (Lipinski definition) is 1. The molecular weight excluding hydrogens is 254 g/mol. The zero-order chi connectivity index (χ0) is 16.1. The molecule has 0 radical (unpaired) electrons. The number of nitrogens with zero attached hydrogens (tertiary/aromatic N) is 1. The summed E-state index contributed by atoms with van der Waals surface area (Å²) >= 11 is 0. The topological polar surface area (TPSA) is 3.24 Å². The Morgan fingerprint density at radius 1 is 1.00 bits per heavy atom. The Balaban J connectivity index is 4.18. The average molecular weight is 292 g/mol. The van der Waals surface area contributed by atoms with Gasteiger partial charge in [0.05, 0.1) is 0 Å². The van der Waals surface area contributed by atoms with Gasteiger partial charge in [-0.3, -0.25) is 4.90 Å². The van der Waals surface area contributed by atoms with Crippen LogP contribution in [0, 0.1) is 0 Å². The number of rotatable bonds is 11. The van der Waals surface area contributed by atoms with Crippen molar-refractivity contribution in [2.45, 2.75) is 85.7 Å². The van der Waals surface area contributed by atoms with E-state index in [4.69, 9.17) is 0 Å². The highest BCUT2D eigenvalue weighted by molar-refractivity contribution is 5.03. The van der Waals surface area contributed by atoms with Gasteiger partial charge in [0.25, 0.3) is 0 Å². The molecule has 0 heterocycles. The summed E-state index contributed by atoms with van der Waals surface area (Å²) in [7, 11) is 0. The number of hydrogen-bond donors (Lipinski definition) is 0. The van der Waals surface area contributed by atoms with Crippen LogP contribution in [0.3, 0.4) is 0 Å². The lowest BCUT2D eigenvalue weighted by atomic mass is 10.1. The molecule has 0 saturated carbocycles. The van der Waals surface area contributed by atoms with Crippen molar-refractivity contribution in [3.63, 3.8) is 0 Å². The molecule has 2 atom stereocenters. The second-order valence-corrected chi connectivity index (χ2v) is 5.98. The van der Waals surface area contributed by atoms with Crippen molar-refractivity contribution in [2.75, 3.05) is 6.54 Å². The normalized spacial score (nSPS) is 16.2. The van der Waals surface area contributed by atoms with E-state index < -0.39 is 0 Å². The molecule has 1 nitrogen and oxygen atoms in total. The third-order valence-electron chi connectivity index (χ3n) is 4.19. The van der Waals surface area contributed by atoms with Crippen molar-refractivity contribution in [3.05, 3.63) is 36.0 Å². The molecule has 0 fully saturated rings. The first-order valence-electron chi connectivity index (χ1n) is 8.75. The van der Waals surface area contributed by atoms with Gasteiger partial charge < -0.3 is 0 Å². The van der Waals surface area contributed by atoms with Gasteiger partial charge in [0.2, 0.25) is 0 Å². The van der Waals surface area contributed by atoms with Crippen LogP contribution in [0.25, 0.3) is 0 Å². The molecule has 0 aromatic rings. The number of allylic oxidation sites excluding steroid dienone is 5. The van der Waals surface area contributed by atoms with Crippen molar-refractivity contribution in [2.24, 2.45) is 0 Å². The Bertz CT molecular complexity index is 325. The largest absolute Gasteiger partial charge is 0.295 e.